The van der Waals surface area contributed by atoms with Gasteiger partial charge in [0.15, 0.2) is 0 Å². The van der Waals surface area contributed by atoms with Crippen molar-refractivity contribution >= 4 is 5.57 Å². The molecule has 0 aliphatic heterocycles. The maximum atomic E-state index is 10.7. The van der Waals surface area contributed by atoms with Crippen molar-refractivity contribution in [1.29, 1.82) is 0 Å². The summed E-state index contributed by atoms with van der Waals surface area (Å²) in [6, 6.07) is 13.7. The Kier molecular flexibility index (Phi) is 8.59. The molecule has 0 aliphatic carbocycles. The lowest BCUT2D eigenvalue weighted by atomic mass is 9.91. The smallest absolute Gasteiger partial charge is 0.0923 e. The van der Waals surface area contributed by atoms with Crippen LogP contribution in [0.1, 0.15) is 44.5 Å². The molecule has 0 fully saturated rings. The third-order valence-corrected chi connectivity index (χ3v) is 3.77. The number of benzene rings is 1. The summed E-state index contributed by atoms with van der Waals surface area (Å²) in [4.78, 5) is 4.49. The summed E-state index contributed by atoms with van der Waals surface area (Å²) in [5.41, 5.74) is 2.86. The second kappa shape index (κ2) is 10.4. The van der Waals surface area contributed by atoms with Gasteiger partial charge in [-0.05, 0) is 36.6 Å². The minimum absolute atomic E-state index is 0.472. The van der Waals surface area contributed by atoms with E-state index in [-0.39, 0.29) is 0 Å². The average Bonchev–Trinajstić information content (AvgIpc) is 2.66. The van der Waals surface area contributed by atoms with Gasteiger partial charge in [0.25, 0.3) is 0 Å². The second-order valence-corrected chi connectivity index (χ2v) is 5.71. The van der Waals surface area contributed by atoms with Gasteiger partial charge in [-0.15, -0.1) is 0 Å². The highest BCUT2D eigenvalue weighted by molar-refractivity contribution is 5.74. The van der Waals surface area contributed by atoms with Crippen LogP contribution in [0.15, 0.2) is 79.5 Å². The molecule has 0 spiro atoms. The highest BCUT2D eigenvalue weighted by atomic mass is 16.3. The maximum absolute atomic E-state index is 10.7. The molecule has 0 amide bonds. The number of aromatic nitrogens is 1. The fourth-order valence-electron chi connectivity index (χ4n) is 2.43. The predicted octanol–water partition coefficient (Wildman–Crippen LogP) is 5.70. The van der Waals surface area contributed by atoms with Crippen LogP contribution in [-0.2, 0) is 12.0 Å². The van der Waals surface area contributed by atoms with Crippen molar-refractivity contribution in [3.63, 3.8) is 0 Å². The molecule has 1 aromatic carbocycles. The van der Waals surface area contributed by atoms with Crippen LogP contribution in [0.25, 0.3) is 5.57 Å². The number of allylic oxidation sites excluding steroid dienone is 5. The van der Waals surface area contributed by atoms with Crippen LogP contribution >= 0.6 is 0 Å². The highest BCUT2D eigenvalue weighted by Gasteiger charge is 2.23. The monoisotopic (exact) mass is 335 g/mol. The molecule has 132 valence electrons. The fourth-order valence-corrected chi connectivity index (χ4v) is 2.43. The van der Waals surface area contributed by atoms with Crippen LogP contribution in [0, 0.1) is 0 Å². The minimum Gasteiger partial charge on any atom is -0.385 e. The summed E-state index contributed by atoms with van der Waals surface area (Å²) < 4.78 is 0. The van der Waals surface area contributed by atoms with Gasteiger partial charge >= 0.3 is 0 Å². The number of pyridine rings is 1. The van der Waals surface area contributed by atoms with Crippen molar-refractivity contribution in [3.05, 3.63) is 96.4 Å². The Morgan fingerprint density at radius 1 is 1.16 bits per heavy atom. The van der Waals surface area contributed by atoms with E-state index in [1.54, 1.807) is 0 Å². The van der Waals surface area contributed by atoms with Crippen LogP contribution in [0.2, 0.25) is 0 Å². The molecule has 0 bridgehead atoms. The molecular weight excluding hydrogens is 306 g/mol. The molecule has 0 radical (unpaired) electrons. The molecule has 1 N–H and O–H groups in total. The second-order valence-electron chi connectivity index (χ2n) is 5.71. The van der Waals surface area contributed by atoms with Crippen LogP contribution < -0.4 is 0 Å². The van der Waals surface area contributed by atoms with E-state index in [4.69, 9.17) is 0 Å². The molecule has 0 saturated carbocycles. The van der Waals surface area contributed by atoms with Gasteiger partial charge in [-0.25, -0.2) is 0 Å². The fraction of sp³-hybridized carbons (Fsp3) is 0.261. The lowest BCUT2D eigenvalue weighted by Crippen LogP contribution is -2.24. The molecule has 0 aliphatic rings. The summed E-state index contributed by atoms with van der Waals surface area (Å²) in [7, 11) is 0. The molecule has 1 atom stereocenters. The van der Waals surface area contributed by atoms with Crippen LogP contribution in [0.4, 0.5) is 0 Å². The topological polar surface area (TPSA) is 33.1 Å². The van der Waals surface area contributed by atoms with Gasteiger partial charge < -0.3 is 5.11 Å². The summed E-state index contributed by atoms with van der Waals surface area (Å²) in [5, 5.41) is 10.7. The van der Waals surface area contributed by atoms with Crippen molar-refractivity contribution < 1.29 is 5.11 Å². The summed E-state index contributed by atoms with van der Waals surface area (Å²) >= 11 is 0. The SMILES string of the molecule is C=C/C(=C\C=C/C)c1ccc(CC(C)(O)c2ccccc2)nc1.CC. The quantitative estimate of drug-likeness (QED) is 0.687. The van der Waals surface area contributed by atoms with E-state index in [0.717, 1.165) is 22.4 Å². The average molecular weight is 335 g/mol. The Morgan fingerprint density at radius 3 is 2.36 bits per heavy atom. The lowest BCUT2D eigenvalue weighted by molar-refractivity contribution is 0.0566. The Hall–Kier alpha value is -2.45. The molecule has 1 unspecified atom stereocenters. The summed E-state index contributed by atoms with van der Waals surface area (Å²) in [6.07, 6.45) is 10.1. The van der Waals surface area contributed by atoms with Crippen LogP contribution in [-0.4, -0.2) is 10.1 Å². The Balaban J connectivity index is 0.00000151. The summed E-state index contributed by atoms with van der Waals surface area (Å²) in [5.74, 6) is 0. The molecular formula is C23H29NO. The van der Waals surface area contributed by atoms with E-state index in [1.807, 2.05) is 101 Å². The predicted molar refractivity (Wildman–Crippen MR) is 108 cm³/mol. The van der Waals surface area contributed by atoms with E-state index in [9.17, 15) is 5.11 Å². The normalized spacial score (nSPS) is 13.7. The van der Waals surface area contributed by atoms with E-state index in [2.05, 4.69) is 11.6 Å². The zero-order valence-electron chi connectivity index (χ0n) is 15.7. The third-order valence-electron chi connectivity index (χ3n) is 3.77. The number of nitrogens with zero attached hydrogens (tertiary/aromatic N) is 1. The molecule has 2 nitrogen and oxygen atoms in total. The van der Waals surface area contributed by atoms with E-state index in [0.29, 0.717) is 6.42 Å². The van der Waals surface area contributed by atoms with Crippen molar-refractivity contribution in [3.8, 4) is 0 Å². The first-order valence-corrected chi connectivity index (χ1v) is 8.75. The van der Waals surface area contributed by atoms with Crippen LogP contribution in [0.5, 0.6) is 0 Å². The molecule has 2 rings (SSSR count). The van der Waals surface area contributed by atoms with Gasteiger partial charge in [-0.3, -0.25) is 4.98 Å². The lowest BCUT2D eigenvalue weighted by Gasteiger charge is -2.23. The van der Waals surface area contributed by atoms with Crippen LogP contribution in [0.3, 0.4) is 0 Å². The van der Waals surface area contributed by atoms with Crippen molar-refractivity contribution in [2.24, 2.45) is 0 Å². The van der Waals surface area contributed by atoms with Gasteiger partial charge in [-0.2, -0.15) is 0 Å². The number of hydrogen-bond donors (Lipinski definition) is 1. The minimum atomic E-state index is -0.933. The molecule has 2 heteroatoms. The first-order chi connectivity index (χ1) is 12.1. The molecule has 2 aromatic rings. The van der Waals surface area contributed by atoms with Gasteiger partial charge in [-0.1, -0.05) is 81.1 Å². The highest BCUT2D eigenvalue weighted by Crippen LogP contribution is 2.25. The largest absolute Gasteiger partial charge is 0.385 e. The van der Waals surface area contributed by atoms with E-state index in [1.165, 1.54) is 0 Å². The zero-order valence-corrected chi connectivity index (χ0v) is 15.7. The van der Waals surface area contributed by atoms with E-state index >= 15 is 0 Å². The Morgan fingerprint density at radius 2 is 1.84 bits per heavy atom. The van der Waals surface area contributed by atoms with Crippen molar-refractivity contribution in [2.45, 2.75) is 39.7 Å². The van der Waals surface area contributed by atoms with Crippen molar-refractivity contribution in [2.75, 3.05) is 0 Å². The number of rotatable bonds is 6. The Bertz CT molecular complexity index is 695. The number of aliphatic hydroxyl groups is 1. The first kappa shape index (κ1) is 20.6. The maximum Gasteiger partial charge on any atom is 0.0923 e. The van der Waals surface area contributed by atoms with Gasteiger partial charge in [0.05, 0.1) is 5.60 Å². The first-order valence-electron chi connectivity index (χ1n) is 8.75. The molecule has 1 aromatic heterocycles. The van der Waals surface area contributed by atoms with Gasteiger partial charge in [0.2, 0.25) is 0 Å². The van der Waals surface area contributed by atoms with Gasteiger partial charge in [0.1, 0.15) is 0 Å². The standard InChI is InChI=1S/C21H23NO.C2H6/c1-4-6-10-17(5-2)18-13-14-20(22-16-18)15-21(3,23)19-11-8-7-9-12-19;1-2/h4-14,16,23H,2,15H2,1,3H3;1-2H3/b6-4-,17-10+;. The Labute approximate surface area is 152 Å². The number of hydrogen-bond acceptors (Lipinski definition) is 2. The zero-order chi connectivity index (χ0) is 18.7. The van der Waals surface area contributed by atoms with Crippen molar-refractivity contribution in [1.82, 2.24) is 4.98 Å². The van der Waals surface area contributed by atoms with Gasteiger partial charge in [0, 0.05) is 18.3 Å². The molecule has 1 heterocycles. The molecule has 25 heavy (non-hydrogen) atoms. The molecule has 0 saturated heterocycles. The van der Waals surface area contributed by atoms with E-state index < -0.39 is 5.60 Å². The third kappa shape index (κ3) is 6.17. The summed E-state index contributed by atoms with van der Waals surface area (Å²) in [6.45, 7) is 11.6.